The van der Waals surface area contributed by atoms with Crippen molar-refractivity contribution in [2.75, 3.05) is 20.8 Å². The number of nitrogens with one attached hydrogen (secondary N) is 1. The zero-order chi connectivity index (χ0) is 12.7. The van der Waals surface area contributed by atoms with Crippen LogP contribution < -0.4 is 5.32 Å². The molecule has 0 amide bonds. The van der Waals surface area contributed by atoms with Gasteiger partial charge in [-0.3, -0.25) is 0 Å². The van der Waals surface area contributed by atoms with E-state index in [1.54, 1.807) is 26.4 Å². The third-order valence-corrected chi connectivity index (χ3v) is 2.64. The topological polar surface area (TPSA) is 30.5 Å². The molecular weight excluding hydrogens is 221 g/mol. The average molecular weight is 241 g/mol. The monoisotopic (exact) mass is 241 g/mol. The molecule has 3 nitrogen and oxygen atoms in total. The molecule has 0 saturated heterocycles. The highest BCUT2D eigenvalue weighted by Crippen LogP contribution is 2.04. The van der Waals surface area contributed by atoms with Gasteiger partial charge in [0.05, 0.1) is 6.04 Å². The summed E-state index contributed by atoms with van der Waals surface area (Å²) in [5, 5.41) is 3.28. The van der Waals surface area contributed by atoms with Gasteiger partial charge in [0, 0.05) is 14.2 Å². The van der Waals surface area contributed by atoms with Crippen molar-refractivity contribution in [1.82, 2.24) is 5.32 Å². The molecule has 1 atom stereocenters. The molecule has 0 fully saturated rings. The summed E-state index contributed by atoms with van der Waals surface area (Å²) in [6, 6.07) is 6.74. The van der Waals surface area contributed by atoms with Crippen LogP contribution in [0.3, 0.4) is 0 Å². The first kappa shape index (κ1) is 14.1. The Bertz CT molecular complexity index is 329. The minimum Gasteiger partial charge on any atom is -0.354 e. The molecule has 0 aliphatic carbocycles. The van der Waals surface area contributed by atoms with Crippen LogP contribution in [0.2, 0.25) is 0 Å². The summed E-state index contributed by atoms with van der Waals surface area (Å²) >= 11 is 0. The van der Waals surface area contributed by atoms with Crippen LogP contribution in [0.4, 0.5) is 4.39 Å². The van der Waals surface area contributed by atoms with Gasteiger partial charge in [0.1, 0.15) is 5.82 Å². The second-order valence-corrected chi connectivity index (χ2v) is 3.96. The van der Waals surface area contributed by atoms with Gasteiger partial charge in [0.15, 0.2) is 6.29 Å². The fourth-order valence-electron chi connectivity index (χ4n) is 1.74. The Morgan fingerprint density at radius 2 is 2.00 bits per heavy atom. The number of methoxy groups -OCH3 is 2. The van der Waals surface area contributed by atoms with Gasteiger partial charge >= 0.3 is 0 Å². The lowest BCUT2D eigenvalue weighted by molar-refractivity contribution is -0.119. The zero-order valence-electron chi connectivity index (χ0n) is 10.6. The van der Waals surface area contributed by atoms with E-state index < -0.39 is 0 Å². The smallest absolute Gasteiger partial charge is 0.171 e. The molecule has 1 aromatic rings. The first-order valence-corrected chi connectivity index (χ1v) is 5.70. The van der Waals surface area contributed by atoms with Crippen LogP contribution in [0.15, 0.2) is 24.3 Å². The molecule has 1 unspecified atom stereocenters. The summed E-state index contributed by atoms with van der Waals surface area (Å²) in [6.07, 6.45) is 0.518. The van der Waals surface area contributed by atoms with Gasteiger partial charge in [-0.2, -0.15) is 0 Å². The molecule has 0 aliphatic heterocycles. The third kappa shape index (κ3) is 4.81. The Balaban J connectivity index is 2.32. The van der Waals surface area contributed by atoms with Gasteiger partial charge in [0.25, 0.3) is 0 Å². The first-order valence-electron chi connectivity index (χ1n) is 5.70. The van der Waals surface area contributed by atoms with E-state index in [1.165, 1.54) is 6.07 Å². The number of ether oxygens (including phenoxy) is 2. The highest BCUT2D eigenvalue weighted by Gasteiger charge is 2.14. The normalized spacial score (nSPS) is 13.0. The Hall–Kier alpha value is -0.970. The molecule has 1 N–H and O–H groups in total. The second-order valence-electron chi connectivity index (χ2n) is 3.96. The van der Waals surface area contributed by atoms with Crippen LogP contribution in [0.1, 0.15) is 12.5 Å². The number of hydrogen-bond acceptors (Lipinski definition) is 3. The summed E-state index contributed by atoms with van der Waals surface area (Å²) in [7, 11) is 3.22. The molecular formula is C13H20FNO2. The lowest BCUT2D eigenvalue weighted by atomic mass is 10.1. The molecule has 0 spiro atoms. The SMILES string of the molecule is COC(OC)C(C)NCCc1cccc(F)c1. The van der Waals surface area contributed by atoms with Gasteiger partial charge in [0.2, 0.25) is 0 Å². The lowest BCUT2D eigenvalue weighted by Crippen LogP contribution is -2.40. The van der Waals surface area contributed by atoms with Crippen molar-refractivity contribution in [3.63, 3.8) is 0 Å². The molecule has 4 heteroatoms. The minimum absolute atomic E-state index is 0.0959. The van der Waals surface area contributed by atoms with E-state index in [2.05, 4.69) is 5.32 Å². The second kappa shape index (κ2) is 7.37. The summed E-state index contributed by atoms with van der Waals surface area (Å²) in [6.45, 7) is 2.75. The van der Waals surface area contributed by atoms with E-state index in [0.29, 0.717) is 0 Å². The van der Waals surface area contributed by atoms with Crippen LogP contribution in [-0.4, -0.2) is 33.1 Å². The van der Waals surface area contributed by atoms with Crippen LogP contribution in [-0.2, 0) is 15.9 Å². The first-order chi connectivity index (χ1) is 8.17. The Morgan fingerprint density at radius 3 is 2.59 bits per heavy atom. The molecule has 0 aliphatic rings. The molecule has 0 saturated carbocycles. The zero-order valence-corrected chi connectivity index (χ0v) is 10.6. The van der Waals surface area contributed by atoms with Gasteiger partial charge < -0.3 is 14.8 Å². The van der Waals surface area contributed by atoms with Crippen molar-refractivity contribution in [2.24, 2.45) is 0 Å². The largest absolute Gasteiger partial charge is 0.354 e. The molecule has 1 rings (SSSR count). The Morgan fingerprint density at radius 1 is 1.29 bits per heavy atom. The molecule has 0 bridgehead atoms. The van der Waals surface area contributed by atoms with E-state index in [1.807, 2.05) is 13.0 Å². The maximum absolute atomic E-state index is 12.9. The van der Waals surface area contributed by atoms with Gasteiger partial charge in [-0.25, -0.2) is 4.39 Å². The fraction of sp³-hybridized carbons (Fsp3) is 0.538. The Labute approximate surface area is 102 Å². The third-order valence-electron chi connectivity index (χ3n) is 2.64. The Kier molecular flexibility index (Phi) is 6.11. The van der Waals surface area contributed by atoms with Crippen molar-refractivity contribution in [3.05, 3.63) is 35.6 Å². The van der Waals surface area contributed by atoms with Gasteiger partial charge in [-0.05, 0) is 37.6 Å². The summed E-state index contributed by atoms with van der Waals surface area (Å²) in [4.78, 5) is 0. The number of hydrogen-bond donors (Lipinski definition) is 1. The summed E-state index contributed by atoms with van der Waals surface area (Å²) in [5.74, 6) is -0.192. The van der Waals surface area contributed by atoms with Crippen molar-refractivity contribution >= 4 is 0 Å². The maximum Gasteiger partial charge on any atom is 0.171 e. The van der Waals surface area contributed by atoms with E-state index in [-0.39, 0.29) is 18.1 Å². The van der Waals surface area contributed by atoms with Crippen LogP contribution in [0.25, 0.3) is 0 Å². The van der Waals surface area contributed by atoms with E-state index in [4.69, 9.17) is 9.47 Å². The van der Waals surface area contributed by atoms with E-state index in [0.717, 1.165) is 18.5 Å². The van der Waals surface area contributed by atoms with Crippen molar-refractivity contribution in [1.29, 1.82) is 0 Å². The van der Waals surface area contributed by atoms with Crippen molar-refractivity contribution in [2.45, 2.75) is 25.7 Å². The van der Waals surface area contributed by atoms with Crippen molar-refractivity contribution in [3.8, 4) is 0 Å². The summed E-state index contributed by atoms with van der Waals surface area (Å²) in [5.41, 5.74) is 0.982. The van der Waals surface area contributed by atoms with Crippen LogP contribution in [0, 0.1) is 5.82 Å². The quantitative estimate of drug-likeness (QED) is 0.740. The van der Waals surface area contributed by atoms with Gasteiger partial charge in [-0.1, -0.05) is 12.1 Å². The molecule has 0 aromatic heterocycles. The number of halogens is 1. The fourth-order valence-corrected chi connectivity index (χ4v) is 1.74. The molecule has 0 radical (unpaired) electrons. The highest BCUT2D eigenvalue weighted by molar-refractivity contribution is 5.16. The van der Waals surface area contributed by atoms with E-state index >= 15 is 0 Å². The summed E-state index contributed by atoms with van der Waals surface area (Å²) < 4.78 is 23.2. The van der Waals surface area contributed by atoms with Crippen LogP contribution >= 0.6 is 0 Å². The minimum atomic E-state index is -0.262. The molecule has 0 heterocycles. The highest BCUT2D eigenvalue weighted by atomic mass is 19.1. The van der Waals surface area contributed by atoms with E-state index in [9.17, 15) is 4.39 Å². The number of benzene rings is 1. The molecule has 17 heavy (non-hydrogen) atoms. The standard InChI is InChI=1S/C13H20FNO2/c1-10(13(16-2)17-3)15-8-7-11-5-4-6-12(14)9-11/h4-6,9-10,13,15H,7-8H2,1-3H3. The lowest BCUT2D eigenvalue weighted by Gasteiger charge is -2.22. The molecule has 96 valence electrons. The average Bonchev–Trinajstić information content (AvgIpc) is 2.30. The van der Waals surface area contributed by atoms with Gasteiger partial charge in [-0.15, -0.1) is 0 Å². The molecule has 1 aromatic carbocycles. The van der Waals surface area contributed by atoms with Crippen LogP contribution in [0.5, 0.6) is 0 Å². The van der Waals surface area contributed by atoms with Crippen molar-refractivity contribution < 1.29 is 13.9 Å². The maximum atomic E-state index is 12.9. The number of rotatable bonds is 7. The predicted molar refractivity (Wildman–Crippen MR) is 65.4 cm³/mol. The predicted octanol–water partition coefficient (Wildman–Crippen LogP) is 1.97.